The van der Waals surface area contributed by atoms with Gasteiger partial charge in [0.2, 0.25) is 5.95 Å². The summed E-state index contributed by atoms with van der Waals surface area (Å²) < 4.78 is 3.98. The molecule has 0 saturated carbocycles. The first-order valence-corrected chi connectivity index (χ1v) is 9.91. The number of aryl methyl sites for hydroxylation is 1. The molecule has 0 aliphatic carbocycles. The van der Waals surface area contributed by atoms with Crippen LogP contribution < -0.4 is 16.7 Å². The van der Waals surface area contributed by atoms with E-state index in [1.54, 1.807) is 60.6 Å². The molecule has 0 radical (unpaired) electrons. The van der Waals surface area contributed by atoms with Crippen LogP contribution in [0.4, 0.5) is 5.95 Å². The minimum absolute atomic E-state index is 0.215. The second-order valence-corrected chi connectivity index (χ2v) is 7.63. The molecule has 4 aromatic rings. The number of nitrogens with zero attached hydrogens (tertiary/aromatic N) is 6. The normalized spacial score (nSPS) is 11.5. The van der Waals surface area contributed by atoms with Gasteiger partial charge in [-0.05, 0) is 35.4 Å². The predicted octanol–water partition coefficient (Wildman–Crippen LogP) is 2.63. The minimum Gasteiger partial charge on any atom is -0.298 e. The molecule has 0 atom stereocenters. The van der Waals surface area contributed by atoms with E-state index in [2.05, 4.69) is 20.5 Å². The van der Waals surface area contributed by atoms with Gasteiger partial charge in [-0.25, -0.2) is 10.2 Å². The summed E-state index contributed by atoms with van der Waals surface area (Å²) in [4.78, 5) is 33.7. The quantitative estimate of drug-likeness (QED) is 0.366. The van der Waals surface area contributed by atoms with Crippen molar-refractivity contribution in [1.82, 2.24) is 23.7 Å². The van der Waals surface area contributed by atoms with Crippen molar-refractivity contribution >= 4 is 46.5 Å². The van der Waals surface area contributed by atoms with Crippen molar-refractivity contribution in [2.45, 2.75) is 6.54 Å². The van der Waals surface area contributed by atoms with Gasteiger partial charge in [0.15, 0.2) is 11.2 Å². The number of benzene rings is 1. The molecule has 0 spiro atoms. The summed E-state index contributed by atoms with van der Waals surface area (Å²) in [5.74, 6) is 0.282. The van der Waals surface area contributed by atoms with Gasteiger partial charge < -0.3 is 0 Å². The minimum atomic E-state index is -0.474. The van der Waals surface area contributed by atoms with Gasteiger partial charge >= 0.3 is 5.69 Å². The van der Waals surface area contributed by atoms with Gasteiger partial charge in [0, 0.05) is 36.5 Å². The number of hydrogen-bond donors (Lipinski definition) is 1. The van der Waals surface area contributed by atoms with Gasteiger partial charge in [-0.2, -0.15) is 10.1 Å². The Morgan fingerprint density at radius 3 is 2.55 bits per heavy atom. The number of aromatic nitrogens is 5. The smallest absolute Gasteiger partial charge is 0.298 e. The average Bonchev–Trinajstić information content (AvgIpc) is 3.12. The van der Waals surface area contributed by atoms with E-state index in [1.165, 1.54) is 11.6 Å². The molecule has 0 unspecified atom stereocenters. The van der Waals surface area contributed by atoms with Crippen LogP contribution in [-0.2, 0) is 20.6 Å². The molecular formula is C20H17Cl2N7O2. The molecule has 0 amide bonds. The van der Waals surface area contributed by atoms with Gasteiger partial charge in [-0.3, -0.25) is 23.5 Å². The van der Waals surface area contributed by atoms with Crippen molar-refractivity contribution in [2.24, 2.45) is 19.2 Å². The van der Waals surface area contributed by atoms with E-state index < -0.39 is 11.2 Å². The number of hydrazone groups is 1. The highest BCUT2D eigenvalue weighted by molar-refractivity contribution is 6.35. The van der Waals surface area contributed by atoms with Crippen LogP contribution in [0.2, 0.25) is 10.0 Å². The third-order valence-electron chi connectivity index (χ3n) is 4.78. The molecule has 3 aromatic heterocycles. The van der Waals surface area contributed by atoms with E-state index in [9.17, 15) is 9.59 Å². The number of nitrogens with one attached hydrogen (secondary N) is 1. The maximum absolute atomic E-state index is 12.9. The molecule has 0 aliphatic heterocycles. The van der Waals surface area contributed by atoms with Crippen LogP contribution in [0, 0.1) is 0 Å². The van der Waals surface area contributed by atoms with Gasteiger partial charge in [-0.15, -0.1) is 0 Å². The molecule has 1 N–H and O–H groups in total. The Bertz CT molecular complexity index is 1420. The monoisotopic (exact) mass is 457 g/mol. The molecule has 1 aromatic carbocycles. The van der Waals surface area contributed by atoms with Crippen molar-refractivity contribution in [3.63, 3.8) is 0 Å². The Morgan fingerprint density at radius 2 is 1.84 bits per heavy atom. The Morgan fingerprint density at radius 1 is 1.10 bits per heavy atom. The highest BCUT2D eigenvalue weighted by atomic mass is 35.5. The molecule has 11 heteroatoms. The largest absolute Gasteiger partial charge is 0.332 e. The molecule has 4 rings (SSSR count). The third kappa shape index (κ3) is 3.97. The van der Waals surface area contributed by atoms with E-state index in [4.69, 9.17) is 23.2 Å². The first-order chi connectivity index (χ1) is 14.9. The summed E-state index contributed by atoms with van der Waals surface area (Å²) in [7, 11) is 2.98. The van der Waals surface area contributed by atoms with Gasteiger partial charge in [0.1, 0.15) is 0 Å². The summed E-state index contributed by atoms with van der Waals surface area (Å²) in [5, 5.41) is 5.16. The fourth-order valence-corrected chi connectivity index (χ4v) is 3.59. The summed E-state index contributed by atoms with van der Waals surface area (Å²) in [6, 6.07) is 8.69. The molecule has 0 saturated heterocycles. The second-order valence-electron chi connectivity index (χ2n) is 6.79. The van der Waals surface area contributed by atoms with Gasteiger partial charge in [-0.1, -0.05) is 29.3 Å². The van der Waals surface area contributed by atoms with Crippen molar-refractivity contribution in [1.29, 1.82) is 0 Å². The fraction of sp³-hybridized carbons (Fsp3) is 0.150. The lowest BCUT2D eigenvalue weighted by molar-refractivity contribution is 0.702. The number of anilines is 1. The van der Waals surface area contributed by atoms with Crippen LogP contribution in [0.5, 0.6) is 0 Å². The zero-order chi connectivity index (χ0) is 22.1. The summed E-state index contributed by atoms with van der Waals surface area (Å²) in [5.41, 5.74) is 3.96. The van der Waals surface area contributed by atoms with Gasteiger partial charge in [0.25, 0.3) is 5.56 Å². The Hall–Kier alpha value is -3.43. The standard InChI is InChI=1S/C20H17Cl2N7O2/c1-27-17-16(18(30)28(2)20(27)31)29(11-13-3-4-14(21)9-15(13)22)19(25-17)26-24-10-12-5-7-23-8-6-12/h3-10H,11H2,1-2H3,(H,25,26). The van der Waals surface area contributed by atoms with E-state index in [-0.39, 0.29) is 23.7 Å². The summed E-state index contributed by atoms with van der Waals surface area (Å²) in [6.45, 7) is 0.215. The van der Waals surface area contributed by atoms with E-state index in [0.29, 0.717) is 10.0 Å². The molecule has 31 heavy (non-hydrogen) atoms. The SMILES string of the molecule is Cn1c(=O)c2c(nc(NN=Cc3ccncc3)n2Cc2ccc(Cl)cc2Cl)n(C)c1=O. The fourth-order valence-electron chi connectivity index (χ4n) is 3.12. The molecule has 0 fully saturated rings. The highest BCUT2D eigenvalue weighted by Crippen LogP contribution is 2.24. The lowest BCUT2D eigenvalue weighted by Gasteiger charge is -2.11. The number of rotatable bonds is 5. The van der Waals surface area contributed by atoms with E-state index in [1.807, 2.05) is 0 Å². The van der Waals surface area contributed by atoms with Crippen LogP contribution in [0.3, 0.4) is 0 Å². The van der Waals surface area contributed by atoms with Crippen LogP contribution in [0.1, 0.15) is 11.1 Å². The van der Waals surface area contributed by atoms with Crippen LogP contribution in [0.15, 0.2) is 57.4 Å². The number of pyridine rings is 1. The molecule has 158 valence electrons. The number of hydrogen-bond acceptors (Lipinski definition) is 6. The molecule has 0 bridgehead atoms. The zero-order valence-electron chi connectivity index (χ0n) is 16.6. The van der Waals surface area contributed by atoms with E-state index >= 15 is 0 Å². The maximum atomic E-state index is 12.9. The van der Waals surface area contributed by atoms with Crippen molar-refractivity contribution in [2.75, 3.05) is 5.43 Å². The first-order valence-electron chi connectivity index (χ1n) is 9.16. The lowest BCUT2D eigenvalue weighted by atomic mass is 10.2. The highest BCUT2D eigenvalue weighted by Gasteiger charge is 2.20. The maximum Gasteiger partial charge on any atom is 0.332 e. The third-order valence-corrected chi connectivity index (χ3v) is 5.36. The van der Waals surface area contributed by atoms with Crippen LogP contribution in [-0.4, -0.2) is 29.9 Å². The Labute approximate surface area is 186 Å². The molecule has 0 aliphatic rings. The topological polar surface area (TPSA) is 99.1 Å². The summed E-state index contributed by atoms with van der Waals surface area (Å²) >= 11 is 12.4. The number of halogens is 2. The van der Waals surface area contributed by atoms with Crippen molar-refractivity contribution < 1.29 is 0 Å². The lowest BCUT2D eigenvalue weighted by Crippen LogP contribution is -2.37. The predicted molar refractivity (Wildman–Crippen MR) is 121 cm³/mol. The number of imidazole rings is 1. The summed E-state index contributed by atoms with van der Waals surface area (Å²) in [6.07, 6.45) is 4.90. The average molecular weight is 458 g/mol. The molecule has 3 heterocycles. The van der Waals surface area contributed by atoms with Crippen molar-refractivity contribution in [3.8, 4) is 0 Å². The number of fused-ring (bicyclic) bond motifs is 1. The Kier molecular flexibility index (Phi) is 5.62. The first kappa shape index (κ1) is 20.8. The van der Waals surface area contributed by atoms with Crippen LogP contribution in [0.25, 0.3) is 11.2 Å². The van der Waals surface area contributed by atoms with Gasteiger partial charge in [0.05, 0.1) is 12.8 Å². The molecule has 9 nitrogen and oxygen atoms in total. The van der Waals surface area contributed by atoms with Crippen molar-refractivity contribution in [3.05, 3.63) is 84.7 Å². The second kappa shape index (κ2) is 8.37. The molecular weight excluding hydrogens is 441 g/mol. The van der Waals surface area contributed by atoms with Crippen LogP contribution >= 0.6 is 23.2 Å². The van der Waals surface area contributed by atoms with E-state index in [0.717, 1.165) is 15.7 Å². The Balaban J connectivity index is 1.86. The zero-order valence-corrected chi connectivity index (χ0v) is 18.1.